The number of hydrogen-bond donors (Lipinski definition) is 1. The zero-order valence-electron chi connectivity index (χ0n) is 9.76. The van der Waals surface area contributed by atoms with Gasteiger partial charge in [0.25, 0.3) is 0 Å². The highest BCUT2D eigenvalue weighted by Gasteiger charge is 2.42. The van der Waals surface area contributed by atoms with Crippen molar-refractivity contribution in [2.45, 2.75) is 31.7 Å². The number of aromatic nitrogens is 3. The van der Waals surface area contributed by atoms with Crippen LogP contribution in [-0.2, 0) is 6.54 Å². The van der Waals surface area contributed by atoms with E-state index in [1.165, 1.54) is 12.0 Å². The van der Waals surface area contributed by atoms with Gasteiger partial charge < -0.3 is 4.57 Å². The fourth-order valence-electron chi connectivity index (χ4n) is 2.47. The lowest BCUT2D eigenvalue weighted by Gasteiger charge is -2.02. The van der Waals surface area contributed by atoms with Gasteiger partial charge in [-0.25, -0.2) is 0 Å². The fourth-order valence-corrected chi connectivity index (χ4v) is 2.74. The average Bonchev–Trinajstić information content (AvgIpc) is 3.08. The molecule has 1 aliphatic rings. The maximum Gasteiger partial charge on any atom is 0.195 e. The molecule has 3 nitrogen and oxygen atoms in total. The first-order valence-electron chi connectivity index (χ1n) is 6.01. The lowest BCUT2D eigenvalue weighted by molar-refractivity contribution is 0.687. The maximum atomic E-state index is 5.22. The number of aromatic amines is 1. The molecule has 0 unspecified atom stereocenters. The third-order valence-corrected chi connectivity index (χ3v) is 3.77. The predicted molar refractivity (Wildman–Crippen MR) is 69.6 cm³/mol. The van der Waals surface area contributed by atoms with E-state index in [1.54, 1.807) is 0 Å². The summed E-state index contributed by atoms with van der Waals surface area (Å²) >= 11 is 5.22. The van der Waals surface area contributed by atoms with Crippen LogP contribution in [0, 0.1) is 4.77 Å². The van der Waals surface area contributed by atoms with Crippen LogP contribution in [0.25, 0.3) is 0 Å². The lowest BCUT2D eigenvalue weighted by Crippen LogP contribution is -2.01. The number of hydrogen-bond acceptors (Lipinski definition) is 2. The SMILES string of the molecule is CCn1c([C@H]2C[C@@H]2c2ccccc2)n[nH]c1=S. The Bertz CT molecular complexity index is 570. The van der Waals surface area contributed by atoms with Gasteiger partial charge in [-0.15, -0.1) is 0 Å². The molecule has 0 spiro atoms. The van der Waals surface area contributed by atoms with Crippen LogP contribution in [0.2, 0.25) is 0 Å². The Morgan fingerprint density at radius 2 is 2.12 bits per heavy atom. The van der Waals surface area contributed by atoms with Crippen LogP contribution >= 0.6 is 12.2 Å². The van der Waals surface area contributed by atoms with Crippen LogP contribution in [0.3, 0.4) is 0 Å². The predicted octanol–water partition coefficient (Wildman–Crippen LogP) is 3.23. The van der Waals surface area contributed by atoms with E-state index in [1.807, 2.05) is 0 Å². The molecule has 0 amide bonds. The molecule has 1 fully saturated rings. The second kappa shape index (κ2) is 4.11. The maximum absolute atomic E-state index is 5.22. The molecule has 1 saturated carbocycles. The summed E-state index contributed by atoms with van der Waals surface area (Å²) in [6, 6.07) is 10.6. The summed E-state index contributed by atoms with van der Waals surface area (Å²) in [5, 5.41) is 7.27. The number of nitrogens with one attached hydrogen (secondary N) is 1. The number of rotatable bonds is 3. The Labute approximate surface area is 105 Å². The average molecular weight is 245 g/mol. The Kier molecular flexibility index (Phi) is 2.59. The third kappa shape index (κ3) is 1.82. The van der Waals surface area contributed by atoms with E-state index in [0.29, 0.717) is 11.8 Å². The minimum Gasteiger partial charge on any atom is -0.304 e. The van der Waals surface area contributed by atoms with Crippen molar-refractivity contribution in [1.82, 2.24) is 14.8 Å². The van der Waals surface area contributed by atoms with Crippen molar-refractivity contribution >= 4 is 12.2 Å². The van der Waals surface area contributed by atoms with E-state index in [0.717, 1.165) is 17.1 Å². The first-order chi connectivity index (χ1) is 8.31. The van der Waals surface area contributed by atoms with Gasteiger partial charge in [-0.3, -0.25) is 5.10 Å². The van der Waals surface area contributed by atoms with Crippen LogP contribution in [0.4, 0.5) is 0 Å². The normalized spacial score (nSPS) is 22.6. The topological polar surface area (TPSA) is 33.6 Å². The zero-order valence-corrected chi connectivity index (χ0v) is 10.6. The number of nitrogens with zero attached hydrogens (tertiary/aromatic N) is 2. The zero-order chi connectivity index (χ0) is 11.8. The van der Waals surface area contributed by atoms with Gasteiger partial charge in [-0.1, -0.05) is 30.3 Å². The molecule has 1 aromatic heterocycles. The molecule has 3 rings (SSSR count). The van der Waals surface area contributed by atoms with Crippen molar-refractivity contribution in [2.75, 3.05) is 0 Å². The quantitative estimate of drug-likeness (QED) is 0.842. The van der Waals surface area contributed by atoms with E-state index in [-0.39, 0.29) is 0 Å². The molecule has 0 aliphatic heterocycles. The van der Waals surface area contributed by atoms with Gasteiger partial charge in [-0.2, -0.15) is 5.10 Å². The molecule has 0 bridgehead atoms. The highest BCUT2D eigenvalue weighted by Crippen LogP contribution is 2.53. The second-order valence-electron chi connectivity index (χ2n) is 4.49. The largest absolute Gasteiger partial charge is 0.304 e. The molecule has 0 saturated heterocycles. The standard InChI is InChI=1S/C13H15N3S/c1-2-16-12(14-15-13(16)17)11-8-10(11)9-6-4-3-5-7-9/h3-7,10-11H,2,8H2,1H3,(H,15,17)/t10-,11+/m1/s1. The van der Waals surface area contributed by atoms with Gasteiger partial charge in [0.2, 0.25) is 0 Å². The molecule has 1 aromatic carbocycles. The van der Waals surface area contributed by atoms with E-state index < -0.39 is 0 Å². The van der Waals surface area contributed by atoms with Crippen molar-refractivity contribution < 1.29 is 0 Å². The van der Waals surface area contributed by atoms with Crippen molar-refractivity contribution in [1.29, 1.82) is 0 Å². The van der Waals surface area contributed by atoms with E-state index >= 15 is 0 Å². The van der Waals surface area contributed by atoms with Crippen molar-refractivity contribution in [3.63, 3.8) is 0 Å². The minimum atomic E-state index is 0.533. The Hall–Kier alpha value is -1.42. The van der Waals surface area contributed by atoms with Gasteiger partial charge in [0.05, 0.1) is 0 Å². The van der Waals surface area contributed by atoms with Crippen molar-refractivity contribution in [2.24, 2.45) is 0 Å². The van der Waals surface area contributed by atoms with Crippen molar-refractivity contribution in [3.05, 3.63) is 46.5 Å². The molecule has 0 radical (unpaired) electrons. The summed E-state index contributed by atoms with van der Waals surface area (Å²) in [6.45, 7) is 3.00. The molecule has 88 valence electrons. The Morgan fingerprint density at radius 3 is 2.82 bits per heavy atom. The van der Waals surface area contributed by atoms with Gasteiger partial charge in [0.1, 0.15) is 5.82 Å². The van der Waals surface area contributed by atoms with E-state index in [9.17, 15) is 0 Å². The molecule has 2 atom stereocenters. The van der Waals surface area contributed by atoms with Gasteiger partial charge in [-0.05, 0) is 37.0 Å². The van der Waals surface area contributed by atoms with Crippen LogP contribution in [0.15, 0.2) is 30.3 Å². The molecule has 2 aromatic rings. The molecule has 1 aliphatic carbocycles. The van der Waals surface area contributed by atoms with Gasteiger partial charge in [0, 0.05) is 12.5 Å². The second-order valence-corrected chi connectivity index (χ2v) is 4.88. The van der Waals surface area contributed by atoms with Crippen LogP contribution in [-0.4, -0.2) is 14.8 Å². The Morgan fingerprint density at radius 1 is 1.35 bits per heavy atom. The molecule has 4 heteroatoms. The third-order valence-electron chi connectivity index (χ3n) is 3.45. The number of benzene rings is 1. The summed E-state index contributed by atoms with van der Waals surface area (Å²) < 4.78 is 2.84. The molecule has 1 N–H and O–H groups in total. The number of H-pyrrole nitrogens is 1. The van der Waals surface area contributed by atoms with Crippen molar-refractivity contribution in [3.8, 4) is 0 Å². The summed E-state index contributed by atoms with van der Waals surface area (Å²) in [5.74, 6) is 2.27. The first-order valence-corrected chi connectivity index (χ1v) is 6.42. The molecule has 1 heterocycles. The summed E-state index contributed by atoms with van der Waals surface area (Å²) in [7, 11) is 0. The van der Waals surface area contributed by atoms with Gasteiger partial charge >= 0.3 is 0 Å². The summed E-state index contributed by atoms with van der Waals surface area (Å²) in [5.41, 5.74) is 1.41. The van der Waals surface area contributed by atoms with E-state index in [2.05, 4.69) is 52.0 Å². The van der Waals surface area contributed by atoms with Crippen LogP contribution < -0.4 is 0 Å². The first kappa shape index (κ1) is 10.7. The molecule has 17 heavy (non-hydrogen) atoms. The highest BCUT2D eigenvalue weighted by molar-refractivity contribution is 7.71. The minimum absolute atomic E-state index is 0.533. The Balaban J connectivity index is 1.87. The molecular formula is C13H15N3S. The van der Waals surface area contributed by atoms with Gasteiger partial charge in [0.15, 0.2) is 4.77 Å². The van der Waals surface area contributed by atoms with E-state index in [4.69, 9.17) is 12.2 Å². The van der Waals surface area contributed by atoms with Crippen LogP contribution in [0.1, 0.15) is 36.6 Å². The highest BCUT2D eigenvalue weighted by atomic mass is 32.1. The fraction of sp³-hybridized carbons (Fsp3) is 0.385. The summed E-state index contributed by atoms with van der Waals surface area (Å²) in [4.78, 5) is 0. The summed E-state index contributed by atoms with van der Waals surface area (Å²) in [6.07, 6.45) is 1.18. The lowest BCUT2D eigenvalue weighted by atomic mass is 10.1. The van der Waals surface area contributed by atoms with Crippen LogP contribution in [0.5, 0.6) is 0 Å². The molecular weight excluding hydrogens is 230 g/mol. The smallest absolute Gasteiger partial charge is 0.195 e. The monoisotopic (exact) mass is 245 g/mol.